The molecule has 0 saturated heterocycles. The molecule has 1 aliphatic rings. The maximum absolute atomic E-state index is 12.3. The normalized spacial score (nSPS) is 17.0. The minimum atomic E-state index is -3.43. The van der Waals surface area contributed by atoms with Gasteiger partial charge < -0.3 is 15.0 Å². The first-order chi connectivity index (χ1) is 10.0. The van der Waals surface area contributed by atoms with Crippen LogP contribution in [0.2, 0.25) is 0 Å². The van der Waals surface area contributed by atoms with E-state index in [4.69, 9.17) is 4.74 Å². The van der Waals surface area contributed by atoms with Crippen molar-refractivity contribution in [1.29, 1.82) is 0 Å². The number of nitrogens with one attached hydrogen (secondary N) is 3. The van der Waals surface area contributed by atoms with Gasteiger partial charge in [0.2, 0.25) is 10.0 Å². The Hall–Kier alpha value is -0.890. The predicted molar refractivity (Wildman–Crippen MR) is 81.5 cm³/mol. The van der Waals surface area contributed by atoms with E-state index in [0.29, 0.717) is 24.6 Å². The molecule has 21 heavy (non-hydrogen) atoms. The van der Waals surface area contributed by atoms with E-state index in [1.54, 1.807) is 19.4 Å². The summed E-state index contributed by atoms with van der Waals surface area (Å²) in [5.74, 6) is 0. The summed E-state index contributed by atoms with van der Waals surface area (Å²) < 4.78 is 32.4. The van der Waals surface area contributed by atoms with Gasteiger partial charge in [-0.05, 0) is 37.3 Å². The van der Waals surface area contributed by atoms with Gasteiger partial charge in [-0.3, -0.25) is 0 Å². The molecule has 1 heterocycles. The molecule has 0 aromatic carbocycles. The van der Waals surface area contributed by atoms with Crippen molar-refractivity contribution in [1.82, 2.24) is 15.0 Å². The van der Waals surface area contributed by atoms with Gasteiger partial charge in [-0.1, -0.05) is 6.92 Å². The fraction of sp³-hybridized carbons (Fsp3) is 0.714. The molecule has 3 N–H and O–H groups in total. The topological polar surface area (TPSA) is 83.2 Å². The Morgan fingerprint density at radius 1 is 1.43 bits per heavy atom. The Kier molecular flexibility index (Phi) is 5.43. The molecule has 1 aromatic rings. The third-order valence-electron chi connectivity index (χ3n) is 4.02. The van der Waals surface area contributed by atoms with Crippen molar-refractivity contribution in [3.63, 3.8) is 0 Å². The van der Waals surface area contributed by atoms with Crippen LogP contribution in [0.3, 0.4) is 0 Å². The summed E-state index contributed by atoms with van der Waals surface area (Å²) in [6.07, 6.45) is 4.59. The molecule has 120 valence electrons. The summed E-state index contributed by atoms with van der Waals surface area (Å²) in [6, 6.07) is 1.68. The van der Waals surface area contributed by atoms with Crippen LogP contribution in [0.5, 0.6) is 0 Å². The molecule has 0 atom stereocenters. The quantitative estimate of drug-likeness (QED) is 0.606. The zero-order valence-corrected chi connectivity index (χ0v) is 13.6. The average molecular weight is 315 g/mol. The molecule has 0 aliphatic heterocycles. The minimum Gasteiger partial charge on any atom is -0.385 e. The van der Waals surface area contributed by atoms with Crippen LogP contribution in [0.1, 0.15) is 31.9 Å². The highest BCUT2D eigenvalue weighted by Gasteiger charge is 2.42. The first-order valence-electron chi connectivity index (χ1n) is 7.38. The van der Waals surface area contributed by atoms with Crippen molar-refractivity contribution < 1.29 is 13.2 Å². The summed E-state index contributed by atoms with van der Waals surface area (Å²) >= 11 is 0. The molecule has 7 heteroatoms. The Bertz CT molecular complexity index is 550. The number of aromatic nitrogens is 1. The lowest BCUT2D eigenvalue weighted by Gasteiger charge is -2.15. The summed E-state index contributed by atoms with van der Waals surface area (Å²) in [7, 11) is -1.76. The highest BCUT2D eigenvalue weighted by molar-refractivity contribution is 7.89. The van der Waals surface area contributed by atoms with Crippen LogP contribution in [0.25, 0.3) is 0 Å². The molecule has 2 rings (SSSR count). The van der Waals surface area contributed by atoms with E-state index in [1.165, 1.54) is 0 Å². The molecule has 0 radical (unpaired) electrons. The third-order valence-corrected chi connectivity index (χ3v) is 5.40. The van der Waals surface area contributed by atoms with Crippen LogP contribution in [-0.2, 0) is 21.3 Å². The van der Waals surface area contributed by atoms with Crippen molar-refractivity contribution in [2.75, 3.05) is 26.8 Å². The van der Waals surface area contributed by atoms with Crippen LogP contribution < -0.4 is 10.0 Å². The van der Waals surface area contributed by atoms with Crippen molar-refractivity contribution in [3.8, 4) is 0 Å². The molecule has 1 aromatic heterocycles. The molecule has 0 spiro atoms. The SMILES string of the molecule is CCNCc1cc(S(=O)(=O)NCC2(CCOC)CC2)c[nH]1. The van der Waals surface area contributed by atoms with Crippen LogP contribution in [0.15, 0.2) is 17.2 Å². The number of rotatable bonds is 10. The molecule has 0 bridgehead atoms. The molecule has 0 unspecified atom stereocenters. The second-order valence-electron chi connectivity index (χ2n) is 5.71. The smallest absolute Gasteiger partial charge is 0.242 e. The van der Waals surface area contributed by atoms with Crippen LogP contribution in [-0.4, -0.2) is 40.2 Å². The predicted octanol–water partition coefficient (Wildman–Crippen LogP) is 1.22. The highest BCUT2D eigenvalue weighted by atomic mass is 32.2. The van der Waals surface area contributed by atoms with E-state index >= 15 is 0 Å². The Morgan fingerprint density at radius 2 is 2.19 bits per heavy atom. The van der Waals surface area contributed by atoms with Crippen LogP contribution in [0, 0.1) is 5.41 Å². The van der Waals surface area contributed by atoms with Gasteiger partial charge in [0.15, 0.2) is 0 Å². The van der Waals surface area contributed by atoms with Gasteiger partial charge in [-0.25, -0.2) is 13.1 Å². The number of methoxy groups -OCH3 is 1. The van der Waals surface area contributed by atoms with Gasteiger partial charge in [-0.2, -0.15) is 0 Å². The Balaban J connectivity index is 1.91. The zero-order chi connectivity index (χ0) is 15.3. The van der Waals surface area contributed by atoms with E-state index < -0.39 is 10.0 Å². The van der Waals surface area contributed by atoms with Crippen molar-refractivity contribution in [3.05, 3.63) is 18.0 Å². The molecule has 0 amide bonds. The number of hydrogen-bond donors (Lipinski definition) is 3. The maximum atomic E-state index is 12.3. The van der Waals surface area contributed by atoms with Gasteiger partial charge in [0.25, 0.3) is 0 Å². The van der Waals surface area contributed by atoms with Crippen molar-refractivity contribution in [2.24, 2.45) is 5.41 Å². The number of hydrogen-bond acceptors (Lipinski definition) is 4. The Labute approximate surface area is 126 Å². The number of aromatic amines is 1. The average Bonchev–Trinajstić information content (AvgIpc) is 3.08. The summed E-state index contributed by atoms with van der Waals surface area (Å²) in [5.41, 5.74) is 0.976. The van der Waals surface area contributed by atoms with E-state index in [2.05, 4.69) is 15.0 Å². The Morgan fingerprint density at radius 3 is 2.81 bits per heavy atom. The summed E-state index contributed by atoms with van der Waals surface area (Å²) in [4.78, 5) is 3.30. The van der Waals surface area contributed by atoms with E-state index in [0.717, 1.165) is 31.5 Å². The lowest BCUT2D eigenvalue weighted by Crippen LogP contribution is -2.30. The molecular weight excluding hydrogens is 290 g/mol. The van der Waals surface area contributed by atoms with E-state index in [9.17, 15) is 8.42 Å². The molecule has 1 saturated carbocycles. The fourth-order valence-corrected chi connectivity index (χ4v) is 3.45. The monoisotopic (exact) mass is 315 g/mol. The first kappa shape index (κ1) is 16.5. The summed E-state index contributed by atoms with van der Waals surface area (Å²) in [5, 5.41) is 3.16. The molecule has 1 aliphatic carbocycles. The molecule has 6 nitrogen and oxygen atoms in total. The van der Waals surface area contributed by atoms with Crippen LogP contribution in [0.4, 0.5) is 0 Å². The zero-order valence-electron chi connectivity index (χ0n) is 12.7. The van der Waals surface area contributed by atoms with Gasteiger partial charge in [0.05, 0.1) is 4.90 Å². The number of ether oxygens (including phenoxy) is 1. The maximum Gasteiger partial charge on any atom is 0.242 e. The van der Waals surface area contributed by atoms with E-state index in [1.807, 2.05) is 6.92 Å². The van der Waals surface area contributed by atoms with Gasteiger partial charge in [-0.15, -0.1) is 0 Å². The summed E-state index contributed by atoms with van der Waals surface area (Å²) in [6.45, 7) is 4.67. The molecular formula is C14H25N3O3S. The minimum absolute atomic E-state index is 0.103. The number of H-pyrrole nitrogens is 1. The largest absolute Gasteiger partial charge is 0.385 e. The second-order valence-corrected chi connectivity index (χ2v) is 7.48. The lowest BCUT2D eigenvalue weighted by atomic mass is 10.0. The second kappa shape index (κ2) is 6.91. The lowest BCUT2D eigenvalue weighted by molar-refractivity contribution is 0.173. The van der Waals surface area contributed by atoms with Crippen molar-refractivity contribution >= 4 is 10.0 Å². The van der Waals surface area contributed by atoms with Gasteiger partial charge in [0, 0.05) is 38.7 Å². The standard InChI is InChI=1S/C14H25N3O3S/c1-3-15-9-12-8-13(10-16-12)21(18,19)17-11-14(4-5-14)6-7-20-2/h8,10,15-17H,3-7,9,11H2,1-2H3. The fourth-order valence-electron chi connectivity index (χ4n) is 2.28. The first-order valence-corrected chi connectivity index (χ1v) is 8.86. The van der Waals surface area contributed by atoms with Crippen LogP contribution >= 0.6 is 0 Å². The van der Waals surface area contributed by atoms with Gasteiger partial charge >= 0.3 is 0 Å². The number of sulfonamides is 1. The third kappa shape index (κ3) is 4.54. The van der Waals surface area contributed by atoms with E-state index in [-0.39, 0.29) is 5.41 Å². The highest BCUT2D eigenvalue weighted by Crippen LogP contribution is 2.48. The molecule has 1 fully saturated rings. The van der Waals surface area contributed by atoms with Gasteiger partial charge in [0.1, 0.15) is 0 Å². The van der Waals surface area contributed by atoms with Crippen molar-refractivity contribution in [2.45, 2.75) is 37.6 Å².